The van der Waals surface area contributed by atoms with E-state index in [1.807, 2.05) is 29.5 Å². The molecule has 2 heterocycles. The Hall–Kier alpha value is -3.66. The number of aromatic nitrogens is 1. The van der Waals surface area contributed by atoms with E-state index in [1.54, 1.807) is 18.2 Å². The Morgan fingerprint density at radius 3 is 2.42 bits per heavy atom. The summed E-state index contributed by atoms with van der Waals surface area (Å²) in [4.78, 5) is 13.3. The monoisotopic (exact) mass is 464 g/mol. The second-order valence-electron chi connectivity index (χ2n) is 7.84. The lowest BCUT2D eigenvalue weighted by atomic mass is 10.0. The first-order valence-corrected chi connectivity index (χ1v) is 11.8. The summed E-state index contributed by atoms with van der Waals surface area (Å²) in [5.74, 6) is -0.366. The number of nitriles is 1. The molecule has 1 aliphatic heterocycles. The lowest BCUT2D eigenvalue weighted by molar-refractivity contribution is 0.334. The highest BCUT2D eigenvalue weighted by Gasteiger charge is 2.28. The molecule has 1 aromatic heterocycles. The van der Waals surface area contributed by atoms with E-state index < -0.39 is 15.6 Å². The summed E-state index contributed by atoms with van der Waals surface area (Å²) < 4.78 is 39.9. The number of rotatable bonds is 5. The second kappa shape index (κ2) is 9.07. The van der Waals surface area contributed by atoms with Crippen LogP contribution in [0.4, 0.5) is 10.1 Å². The number of hydrogen-bond donors (Lipinski definition) is 1. The average molecular weight is 465 g/mol. The average Bonchev–Trinajstić information content (AvgIpc) is 2.83. The van der Waals surface area contributed by atoms with E-state index in [4.69, 9.17) is 6.42 Å². The van der Waals surface area contributed by atoms with Crippen LogP contribution in [0, 0.1) is 28.8 Å². The molecule has 1 saturated heterocycles. The molecular formula is C24H21FN4O3S. The topological polar surface area (TPSA) is 95.2 Å². The number of benzene rings is 2. The molecule has 0 amide bonds. The molecule has 0 aliphatic carbocycles. The lowest BCUT2D eigenvalue weighted by Gasteiger charge is -2.31. The lowest BCUT2D eigenvalue weighted by Crippen LogP contribution is -2.42. The van der Waals surface area contributed by atoms with E-state index >= 15 is 0 Å². The van der Waals surface area contributed by atoms with Crippen molar-refractivity contribution in [2.45, 2.75) is 25.4 Å². The van der Waals surface area contributed by atoms with Crippen LogP contribution in [0.25, 0.3) is 10.9 Å². The van der Waals surface area contributed by atoms with Gasteiger partial charge in [0.15, 0.2) is 0 Å². The number of anilines is 1. The van der Waals surface area contributed by atoms with Crippen molar-refractivity contribution >= 4 is 26.6 Å². The smallest absolute Gasteiger partial charge is 0.282 e. The molecule has 9 heteroatoms. The molecule has 0 bridgehead atoms. The summed E-state index contributed by atoms with van der Waals surface area (Å²) in [5.41, 5.74) is 1.34. The van der Waals surface area contributed by atoms with Gasteiger partial charge in [-0.3, -0.25) is 4.79 Å². The molecule has 1 fully saturated rings. The molecule has 0 radical (unpaired) electrons. The molecule has 168 valence electrons. The minimum absolute atomic E-state index is 0.0190. The maximum atomic E-state index is 13.3. The van der Waals surface area contributed by atoms with E-state index in [2.05, 4.69) is 5.32 Å². The van der Waals surface area contributed by atoms with E-state index in [9.17, 15) is 22.9 Å². The number of halogens is 1. The number of fused-ring (bicyclic) bond motifs is 1. The van der Waals surface area contributed by atoms with Crippen molar-refractivity contribution < 1.29 is 12.8 Å². The van der Waals surface area contributed by atoms with Crippen molar-refractivity contribution in [3.05, 3.63) is 75.8 Å². The summed E-state index contributed by atoms with van der Waals surface area (Å²) in [5, 5.41) is 15.7. The van der Waals surface area contributed by atoms with E-state index in [0.29, 0.717) is 29.4 Å². The van der Waals surface area contributed by atoms with Crippen LogP contribution in [-0.2, 0) is 16.6 Å². The quantitative estimate of drug-likeness (QED) is 0.586. The van der Waals surface area contributed by atoms with Crippen molar-refractivity contribution in [2.75, 3.05) is 18.4 Å². The van der Waals surface area contributed by atoms with Gasteiger partial charge in [0.25, 0.3) is 15.6 Å². The van der Waals surface area contributed by atoms with Gasteiger partial charge in [-0.1, -0.05) is 30.3 Å². The zero-order valence-corrected chi connectivity index (χ0v) is 18.5. The van der Waals surface area contributed by atoms with Crippen LogP contribution in [0.5, 0.6) is 0 Å². The van der Waals surface area contributed by atoms with Gasteiger partial charge in [-0.2, -0.15) is 18.0 Å². The Morgan fingerprint density at radius 1 is 1.12 bits per heavy atom. The fourth-order valence-corrected chi connectivity index (χ4v) is 4.95. The first kappa shape index (κ1) is 22.5. The standard InChI is InChI=1S/C24H21FN4O3S/c1-2-33(31,32)28-13-11-19(12-14-28)27-23-20-5-3-4-6-22(20)29(24(30)21(23)15-26)16-17-7-9-18(25)10-8-17/h1,3-10,19,27H,11-14,16H2. The number of terminal acetylenes is 1. The van der Waals surface area contributed by atoms with Gasteiger partial charge in [-0.05, 0) is 36.6 Å². The van der Waals surface area contributed by atoms with Gasteiger partial charge in [0.05, 0.1) is 17.7 Å². The first-order valence-electron chi connectivity index (χ1n) is 10.4. The molecule has 0 spiro atoms. The van der Waals surface area contributed by atoms with E-state index in [-0.39, 0.29) is 37.1 Å². The van der Waals surface area contributed by atoms with Crippen molar-refractivity contribution in [1.82, 2.24) is 8.87 Å². The SMILES string of the molecule is C#CS(=O)(=O)N1CCC(Nc2c(C#N)c(=O)n(Cc3ccc(F)cc3)c3ccccc23)CC1. The highest BCUT2D eigenvalue weighted by atomic mass is 32.2. The molecule has 0 unspecified atom stereocenters. The molecule has 33 heavy (non-hydrogen) atoms. The molecule has 3 aromatic rings. The summed E-state index contributed by atoms with van der Waals surface area (Å²) >= 11 is 0. The normalized spacial score (nSPS) is 15.1. The maximum absolute atomic E-state index is 13.3. The van der Waals surface area contributed by atoms with E-state index in [0.717, 1.165) is 5.56 Å². The summed E-state index contributed by atoms with van der Waals surface area (Å²) in [6, 6.07) is 15.0. The zero-order chi connectivity index (χ0) is 23.6. The highest BCUT2D eigenvalue weighted by molar-refractivity contribution is 7.93. The summed E-state index contributed by atoms with van der Waals surface area (Å²) in [7, 11) is -3.71. The number of nitrogens with one attached hydrogen (secondary N) is 1. The second-order valence-corrected chi connectivity index (χ2v) is 9.54. The van der Waals surface area contributed by atoms with Crippen LogP contribution < -0.4 is 10.9 Å². The number of nitrogens with zero attached hydrogens (tertiary/aromatic N) is 3. The molecule has 0 saturated carbocycles. The van der Waals surface area contributed by atoms with Crippen molar-refractivity contribution in [1.29, 1.82) is 5.26 Å². The number of para-hydroxylation sites is 1. The Labute approximate surface area is 191 Å². The van der Waals surface area contributed by atoms with Crippen LogP contribution in [0.3, 0.4) is 0 Å². The van der Waals surface area contributed by atoms with Crippen LogP contribution in [0.2, 0.25) is 0 Å². The number of sulfonamides is 1. The summed E-state index contributed by atoms with van der Waals surface area (Å²) in [6.45, 7) is 0.703. The Kier molecular flexibility index (Phi) is 6.19. The Bertz CT molecular complexity index is 1440. The Morgan fingerprint density at radius 2 is 1.79 bits per heavy atom. The highest BCUT2D eigenvalue weighted by Crippen LogP contribution is 2.28. The fraction of sp³-hybridized carbons (Fsp3) is 0.250. The summed E-state index contributed by atoms with van der Waals surface area (Å²) in [6.07, 6.45) is 6.07. The van der Waals surface area contributed by atoms with Crippen molar-refractivity contribution in [3.8, 4) is 17.7 Å². The number of hydrogen-bond acceptors (Lipinski definition) is 5. The molecule has 7 nitrogen and oxygen atoms in total. The molecule has 1 aliphatic rings. The minimum atomic E-state index is -3.71. The molecule has 2 aromatic carbocycles. The predicted molar refractivity (Wildman–Crippen MR) is 124 cm³/mol. The number of piperidine rings is 1. The third-order valence-corrected chi connectivity index (χ3v) is 7.17. The largest absolute Gasteiger partial charge is 0.380 e. The first-order chi connectivity index (χ1) is 15.8. The molecule has 1 N–H and O–H groups in total. The Balaban J connectivity index is 1.70. The van der Waals surface area contributed by atoms with Crippen LogP contribution in [-0.4, -0.2) is 36.4 Å². The van der Waals surface area contributed by atoms with Crippen molar-refractivity contribution in [2.24, 2.45) is 0 Å². The van der Waals surface area contributed by atoms with Gasteiger partial charge >= 0.3 is 0 Å². The van der Waals surface area contributed by atoms with Gasteiger partial charge in [0.2, 0.25) is 0 Å². The molecular weight excluding hydrogens is 443 g/mol. The minimum Gasteiger partial charge on any atom is -0.380 e. The fourth-order valence-electron chi connectivity index (χ4n) is 4.11. The van der Waals surface area contributed by atoms with Gasteiger partial charge in [-0.15, -0.1) is 6.42 Å². The van der Waals surface area contributed by atoms with Gasteiger partial charge in [0.1, 0.15) is 17.4 Å². The molecule has 0 atom stereocenters. The van der Waals surface area contributed by atoms with Gasteiger partial charge < -0.3 is 9.88 Å². The van der Waals surface area contributed by atoms with Gasteiger partial charge in [-0.25, -0.2) is 4.39 Å². The van der Waals surface area contributed by atoms with Crippen LogP contribution >= 0.6 is 0 Å². The van der Waals surface area contributed by atoms with E-state index in [1.165, 1.54) is 21.0 Å². The van der Waals surface area contributed by atoms with Crippen LogP contribution in [0.15, 0.2) is 53.3 Å². The third kappa shape index (κ3) is 4.47. The number of pyridine rings is 1. The predicted octanol–water partition coefficient (Wildman–Crippen LogP) is 2.86. The van der Waals surface area contributed by atoms with Crippen molar-refractivity contribution in [3.63, 3.8) is 0 Å². The third-order valence-electron chi connectivity index (χ3n) is 5.83. The maximum Gasteiger partial charge on any atom is 0.282 e. The zero-order valence-electron chi connectivity index (χ0n) is 17.7. The molecule has 4 rings (SSSR count). The van der Waals surface area contributed by atoms with Gasteiger partial charge in [0, 0.05) is 29.8 Å². The van der Waals surface area contributed by atoms with Crippen LogP contribution in [0.1, 0.15) is 24.0 Å².